The number of hydrogen-bond acceptors (Lipinski definition) is 3. The Balaban J connectivity index is 2.59. The van der Waals surface area contributed by atoms with Crippen LogP contribution in [0.1, 0.15) is 26.2 Å². The molecule has 0 spiro atoms. The molecule has 1 saturated heterocycles. The minimum absolute atomic E-state index is 0.000602. The molecule has 1 heterocycles. The number of carbonyl (C=O) groups is 1. The third-order valence-corrected chi connectivity index (χ3v) is 3.07. The summed E-state index contributed by atoms with van der Waals surface area (Å²) in [5.41, 5.74) is 5.52. The first kappa shape index (κ1) is 12.4. The Morgan fingerprint density at radius 1 is 1.73 bits per heavy atom. The molecule has 4 nitrogen and oxygen atoms in total. The average molecular weight is 229 g/mol. The van der Waals surface area contributed by atoms with Crippen molar-refractivity contribution in [3.8, 4) is 0 Å². The lowest BCUT2D eigenvalue weighted by Crippen LogP contribution is -2.46. The molecule has 0 aromatic heterocycles. The summed E-state index contributed by atoms with van der Waals surface area (Å²) in [5, 5.41) is 2.70. The average Bonchev–Trinajstić information content (AvgIpc) is 2.63. The van der Waals surface area contributed by atoms with Crippen molar-refractivity contribution >= 4 is 23.1 Å². The van der Waals surface area contributed by atoms with Gasteiger partial charge in [-0.2, -0.15) is 0 Å². The Bertz CT molecular complexity index is 257. The van der Waals surface area contributed by atoms with Crippen LogP contribution in [0.5, 0.6) is 0 Å². The highest BCUT2D eigenvalue weighted by Crippen LogP contribution is 2.21. The van der Waals surface area contributed by atoms with Gasteiger partial charge in [-0.1, -0.05) is 12.2 Å². The molecule has 1 fully saturated rings. The first-order valence-electron chi connectivity index (χ1n) is 5.32. The van der Waals surface area contributed by atoms with Crippen molar-refractivity contribution in [2.75, 3.05) is 13.6 Å². The molecule has 1 amide bonds. The van der Waals surface area contributed by atoms with Crippen LogP contribution in [0.2, 0.25) is 0 Å². The molecule has 5 heteroatoms. The van der Waals surface area contributed by atoms with Crippen molar-refractivity contribution in [1.82, 2.24) is 10.2 Å². The van der Waals surface area contributed by atoms with E-state index in [0.29, 0.717) is 11.4 Å². The maximum atomic E-state index is 11.6. The summed E-state index contributed by atoms with van der Waals surface area (Å²) < 4.78 is 0. The van der Waals surface area contributed by atoms with Gasteiger partial charge in [-0.25, -0.2) is 0 Å². The van der Waals surface area contributed by atoms with Gasteiger partial charge in [-0.15, -0.1) is 0 Å². The molecule has 15 heavy (non-hydrogen) atoms. The summed E-state index contributed by atoms with van der Waals surface area (Å²) in [5.74, 6) is 0.0993. The van der Waals surface area contributed by atoms with Gasteiger partial charge in [-0.05, 0) is 26.3 Å². The minimum atomic E-state index is -0.000602. The molecule has 3 N–H and O–H groups in total. The molecule has 0 radical (unpaired) electrons. The first-order valence-corrected chi connectivity index (χ1v) is 5.72. The van der Waals surface area contributed by atoms with Gasteiger partial charge >= 0.3 is 0 Å². The summed E-state index contributed by atoms with van der Waals surface area (Å²) in [6, 6.07) is 0.256. The van der Waals surface area contributed by atoms with Crippen molar-refractivity contribution in [2.24, 2.45) is 5.73 Å². The molecule has 1 rings (SSSR count). The van der Waals surface area contributed by atoms with Gasteiger partial charge in [0.15, 0.2) is 0 Å². The van der Waals surface area contributed by atoms with Crippen LogP contribution in [0, 0.1) is 0 Å². The largest absolute Gasteiger partial charge is 0.393 e. The van der Waals surface area contributed by atoms with Crippen LogP contribution in [-0.4, -0.2) is 41.5 Å². The predicted octanol–water partition coefficient (Wildman–Crippen LogP) is 0.261. The summed E-state index contributed by atoms with van der Waals surface area (Å²) in [6.07, 6.45) is 2.68. The Morgan fingerprint density at radius 3 is 2.93 bits per heavy atom. The fourth-order valence-corrected chi connectivity index (χ4v) is 2.41. The first-order chi connectivity index (χ1) is 7.06. The van der Waals surface area contributed by atoms with Crippen molar-refractivity contribution < 1.29 is 4.79 Å². The number of nitrogens with zero attached hydrogens (tertiary/aromatic N) is 1. The van der Waals surface area contributed by atoms with Crippen molar-refractivity contribution in [3.63, 3.8) is 0 Å². The summed E-state index contributed by atoms with van der Waals surface area (Å²) in [7, 11) is 1.68. The second-order valence-corrected chi connectivity index (χ2v) is 4.55. The normalized spacial score (nSPS) is 23.7. The standard InChI is InChI=1S/C10H19N3OS/c1-7(6-9(11)15)13-5-3-4-8(13)10(14)12-2/h7-8H,3-6H2,1-2H3,(H2,11,15)(H,12,14). The molecule has 1 aliphatic heterocycles. The smallest absolute Gasteiger partial charge is 0.237 e. The van der Waals surface area contributed by atoms with Crippen molar-refractivity contribution in [3.05, 3.63) is 0 Å². The van der Waals surface area contributed by atoms with Gasteiger partial charge in [0.1, 0.15) is 0 Å². The monoisotopic (exact) mass is 229 g/mol. The Labute approximate surface area is 96.2 Å². The van der Waals surface area contributed by atoms with Crippen LogP contribution in [-0.2, 0) is 4.79 Å². The SMILES string of the molecule is CNC(=O)C1CCCN1C(C)CC(N)=S. The Hall–Kier alpha value is -0.680. The number of nitrogens with one attached hydrogen (secondary N) is 1. The van der Waals surface area contributed by atoms with Gasteiger partial charge in [0.2, 0.25) is 5.91 Å². The zero-order chi connectivity index (χ0) is 11.4. The zero-order valence-electron chi connectivity index (χ0n) is 9.32. The molecule has 2 unspecified atom stereocenters. The third kappa shape index (κ3) is 3.14. The lowest BCUT2D eigenvalue weighted by molar-refractivity contribution is -0.125. The number of likely N-dealkylation sites (tertiary alicyclic amines) is 1. The van der Waals surface area contributed by atoms with E-state index in [9.17, 15) is 4.79 Å². The summed E-state index contributed by atoms with van der Waals surface area (Å²) >= 11 is 4.89. The minimum Gasteiger partial charge on any atom is -0.393 e. The molecular weight excluding hydrogens is 210 g/mol. The number of nitrogens with two attached hydrogens (primary N) is 1. The van der Waals surface area contributed by atoms with Crippen molar-refractivity contribution in [1.29, 1.82) is 0 Å². The van der Waals surface area contributed by atoms with E-state index in [4.69, 9.17) is 18.0 Å². The zero-order valence-corrected chi connectivity index (χ0v) is 10.1. The van der Waals surface area contributed by atoms with E-state index in [0.717, 1.165) is 19.4 Å². The highest BCUT2D eigenvalue weighted by atomic mass is 32.1. The second-order valence-electron chi connectivity index (χ2n) is 4.03. The molecule has 1 aliphatic rings. The van der Waals surface area contributed by atoms with E-state index in [-0.39, 0.29) is 18.0 Å². The van der Waals surface area contributed by atoms with Gasteiger partial charge in [0, 0.05) is 19.5 Å². The van der Waals surface area contributed by atoms with E-state index in [1.165, 1.54) is 0 Å². The van der Waals surface area contributed by atoms with Crippen LogP contribution in [0.15, 0.2) is 0 Å². The van der Waals surface area contributed by atoms with E-state index >= 15 is 0 Å². The van der Waals surface area contributed by atoms with E-state index in [2.05, 4.69) is 17.1 Å². The molecule has 0 bridgehead atoms. The molecule has 0 aromatic carbocycles. The molecule has 0 aliphatic carbocycles. The lowest BCUT2D eigenvalue weighted by atomic mass is 10.1. The van der Waals surface area contributed by atoms with Gasteiger partial charge in [0.05, 0.1) is 11.0 Å². The van der Waals surface area contributed by atoms with Crippen LogP contribution in [0.3, 0.4) is 0 Å². The maximum Gasteiger partial charge on any atom is 0.237 e. The highest BCUT2D eigenvalue weighted by molar-refractivity contribution is 7.80. The molecule has 86 valence electrons. The summed E-state index contributed by atoms with van der Waals surface area (Å²) in [4.78, 5) is 14.3. The second kappa shape index (κ2) is 5.42. The fourth-order valence-electron chi connectivity index (χ4n) is 2.17. The van der Waals surface area contributed by atoms with Gasteiger partial charge in [-0.3, -0.25) is 9.69 Å². The fraction of sp³-hybridized carbons (Fsp3) is 0.800. The number of likely N-dealkylation sites (N-methyl/N-ethyl adjacent to an activating group) is 1. The van der Waals surface area contributed by atoms with Crippen LogP contribution >= 0.6 is 12.2 Å². The number of thiocarbonyl (C=S) groups is 1. The van der Waals surface area contributed by atoms with E-state index < -0.39 is 0 Å². The predicted molar refractivity (Wildman–Crippen MR) is 64.7 cm³/mol. The topological polar surface area (TPSA) is 58.4 Å². The quantitative estimate of drug-likeness (QED) is 0.679. The number of hydrogen-bond donors (Lipinski definition) is 2. The van der Waals surface area contributed by atoms with E-state index in [1.54, 1.807) is 7.05 Å². The number of amides is 1. The highest BCUT2D eigenvalue weighted by Gasteiger charge is 2.32. The van der Waals surface area contributed by atoms with Crippen LogP contribution < -0.4 is 11.1 Å². The lowest BCUT2D eigenvalue weighted by Gasteiger charge is -2.29. The van der Waals surface area contributed by atoms with Gasteiger partial charge in [0.25, 0.3) is 0 Å². The number of carbonyl (C=O) groups excluding carboxylic acids is 1. The number of rotatable bonds is 4. The molecule has 2 atom stereocenters. The molecule has 0 aromatic rings. The molecular formula is C10H19N3OS. The molecule has 0 saturated carbocycles. The summed E-state index contributed by atoms with van der Waals surface area (Å²) in [6.45, 7) is 3.03. The van der Waals surface area contributed by atoms with Crippen LogP contribution in [0.4, 0.5) is 0 Å². The maximum absolute atomic E-state index is 11.6. The Morgan fingerprint density at radius 2 is 2.40 bits per heavy atom. The van der Waals surface area contributed by atoms with Crippen LogP contribution in [0.25, 0.3) is 0 Å². The third-order valence-electron chi connectivity index (χ3n) is 2.91. The van der Waals surface area contributed by atoms with E-state index in [1.807, 2.05) is 0 Å². The van der Waals surface area contributed by atoms with Crippen molar-refractivity contribution in [2.45, 2.75) is 38.3 Å². The van der Waals surface area contributed by atoms with Gasteiger partial charge < -0.3 is 11.1 Å². The Kier molecular flexibility index (Phi) is 4.47.